The predicted octanol–water partition coefficient (Wildman–Crippen LogP) is 21.6. The lowest BCUT2D eigenvalue weighted by Gasteiger charge is -2.18. The molecule has 0 aromatic carbocycles. The number of ether oxygens (including phenoxy) is 3. The Hall–Kier alpha value is -4.19. The van der Waals surface area contributed by atoms with Crippen LogP contribution in [0.1, 0.15) is 284 Å². The fraction of sp³-hybridized carbons (Fsp3) is 0.671. The summed E-state index contributed by atoms with van der Waals surface area (Å²) in [5.74, 6) is -0.942. The van der Waals surface area contributed by atoms with Crippen LogP contribution >= 0.6 is 0 Å². The molecule has 0 fully saturated rings. The van der Waals surface area contributed by atoms with Gasteiger partial charge in [-0.25, -0.2) is 0 Å². The highest BCUT2D eigenvalue weighted by atomic mass is 16.6. The molecule has 0 aliphatic heterocycles. The van der Waals surface area contributed by atoms with Crippen molar-refractivity contribution in [2.24, 2.45) is 0 Å². The normalized spacial score (nSPS) is 12.9. The maximum atomic E-state index is 12.9. The molecule has 6 heteroatoms. The molecule has 1 unspecified atom stereocenters. The lowest BCUT2D eigenvalue weighted by molar-refractivity contribution is -0.167. The van der Waals surface area contributed by atoms with Crippen molar-refractivity contribution in [3.8, 4) is 0 Å². The lowest BCUT2D eigenvalue weighted by Crippen LogP contribution is -2.30. The molecule has 0 rings (SSSR count). The van der Waals surface area contributed by atoms with Crippen molar-refractivity contribution < 1.29 is 28.6 Å². The van der Waals surface area contributed by atoms with Gasteiger partial charge in [0.1, 0.15) is 13.2 Å². The summed E-state index contributed by atoms with van der Waals surface area (Å²) in [6, 6.07) is 0. The second-order valence-electron chi connectivity index (χ2n) is 20.6. The highest BCUT2D eigenvalue weighted by Gasteiger charge is 2.19. The minimum Gasteiger partial charge on any atom is -0.462 e. The fourth-order valence-corrected chi connectivity index (χ4v) is 8.49. The molecule has 0 saturated carbocycles. The number of esters is 3. The van der Waals surface area contributed by atoms with Crippen LogP contribution in [0.5, 0.6) is 0 Å². The maximum absolute atomic E-state index is 12.9. The molecule has 0 amide bonds. The van der Waals surface area contributed by atoms with Crippen LogP contribution in [0.25, 0.3) is 0 Å². The van der Waals surface area contributed by atoms with E-state index in [1.54, 1.807) is 0 Å². The monoisotopic (exact) mass is 1050 g/mol. The third kappa shape index (κ3) is 60.7. The van der Waals surface area contributed by atoms with Crippen LogP contribution in [0.2, 0.25) is 0 Å². The predicted molar refractivity (Wildman–Crippen MR) is 330 cm³/mol. The zero-order valence-electron chi connectivity index (χ0n) is 49.5. The molecule has 0 heterocycles. The van der Waals surface area contributed by atoms with E-state index in [9.17, 15) is 14.4 Å². The van der Waals surface area contributed by atoms with Gasteiger partial charge in [-0.3, -0.25) is 14.4 Å². The highest BCUT2D eigenvalue weighted by Crippen LogP contribution is 2.15. The summed E-state index contributed by atoms with van der Waals surface area (Å²) in [4.78, 5) is 38.2. The quantitative estimate of drug-likeness (QED) is 0.0261. The average Bonchev–Trinajstić information content (AvgIpc) is 3.42. The van der Waals surface area contributed by atoms with E-state index < -0.39 is 6.10 Å². The maximum Gasteiger partial charge on any atom is 0.306 e. The summed E-state index contributed by atoms with van der Waals surface area (Å²) < 4.78 is 16.8. The molecule has 76 heavy (non-hydrogen) atoms. The summed E-state index contributed by atoms with van der Waals surface area (Å²) in [6.45, 7) is 6.47. The topological polar surface area (TPSA) is 78.9 Å². The van der Waals surface area contributed by atoms with Gasteiger partial charge in [0.2, 0.25) is 0 Å². The van der Waals surface area contributed by atoms with E-state index in [-0.39, 0.29) is 31.1 Å². The molecule has 0 radical (unpaired) electrons. The first-order valence-corrected chi connectivity index (χ1v) is 31.5. The Balaban J connectivity index is 4.38. The van der Waals surface area contributed by atoms with E-state index in [1.807, 2.05) is 0 Å². The molecule has 0 aromatic heterocycles. The third-order valence-electron chi connectivity index (χ3n) is 13.2. The molecule has 0 bridgehead atoms. The van der Waals surface area contributed by atoms with Crippen molar-refractivity contribution in [3.05, 3.63) is 122 Å². The van der Waals surface area contributed by atoms with Crippen molar-refractivity contribution in [2.45, 2.75) is 290 Å². The molecule has 432 valence electrons. The van der Waals surface area contributed by atoms with E-state index in [2.05, 4.69) is 142 Å². The smallest absolute Gasteiger partial charge is 0.306 e. The third-order valence-corrected chi connectivity index (χ3v) is 13.2. The molecule has 6 nitrogen and oxygen atoms in total. The first-order chi connectivity index (χ1) is 37.5. The van der Waals surface area contributed by atoms with E-state index in [0.29, 0.717) is 19.3 Å². The SMILES string of the molecule is CC/C=C\C/C=C\C/C=C\C/C=C\C/C=C\C/C=C\C/C=C\C/C=C\CCCCC(=O)OCC(COC(=O)CCCCCCCCCCCC)OC(=O)CCCCCCCCCCC/C=C\C/C=C\CCCCCCC. The van der Waals surface area contributed by atoms with Gasteiger partial charge in [-0.1, -0.05) is 271 Å². The Morgan fingerprint density at radius 2 is 0.513 bits per heavy atom. The average molecular weight is 1050 g/mol. The second-order valence-corrected chi connectivity index (χ2v) is 20.6. The van der Waals surface area contributed by atoms with Gasteiger partial charge >= 0.3 is 17.9 Å². The number of carbonyl (C=O) groups is 3. The van der Waals surface area contributed by atoms with Crippen molar-refractivity contribution in [1.82, 2.24) is 0 Å². The molecule has 0 aliphatic carbocycles. The Labute approximate surface area is 469 Å². The minimum absolute atomic E-state index is 0.0941. The first kappa shape index (κ1) is 71.8. The van der Waals surface area contributed by atoms with E-state index in [4.69, 9.17) is 14.2 Å². The molecular weight excluding hydrogens is 937 g/mol. The van der Waals surface area contributed by atoms with Crippen LogP contribution in [0.15, 0.2) is 122 Å². The van der Waals surface area contributed by atoms with Crippen molar-refractivity contribution in [2.75, 3.05) is 13.2 Å². The molecule has 0 aliphatic rings. The number of rotatable bonds is 56. The highest BCUT2D eigenvalue weighted by molar-refractivity contribution is 5.71. The van der Waals surface area contributed by atoms with Crippen molar-refractivity contribution in [3.63, 3.8) is 0 Å². The van der Waals surface area contributed by atoms with Crippen molar-refractivity contribution >= 4 is 17.9 Å². The Kier molecular flexibility index (Phi) is 59.9. The van der Waals surface area contributed by atoms with Crippen LogP contribution in [-0.4, -0.2) is 37.2 Å². The summed E-state index contributed by atoms with van der Waals surface area (Å²) >= 11 is 0. The summed E-state index contributed by atoms with van der Waals surface area (Å²) in [6.07, 6.45) is 87.8. The zero-order chi connectivity index (χ0) is 55.0. The van der Waals surface area contributed by atoms with Gasteiger partial charge in [0.25, 0.3) is 0 Å². The molecule has 0 spiro atoms. The Bertz CT molecular complexity index is 1590. The van der Waals surface area contributed by atoms with E-state index in [1.165, 1.54) is 128 Å². The molecule has 0 N–H and O–H groups in total. The molecule has 0 saturated heterocycles. The van der Waals surface area contributed by atoms with Gasteiger partial charge in [-0.15, -0.1) is 0 Å². The number of allylic oxidation sites excluding steroid dienone is 20. The summed E-state index contributed by atoms with van der Waals surface area (Å²) in [7, 11) is 0. The van der Waals surface area contributed by atoms with Gasteiger partial charge in [0.15, 0.2) is 6.10 Å². The standard InChI is InChI=1S/C70H116O6/c1-4-7-10-13-16-19-22-24-26-28-30-32-33-34-35-36-37-39-40-42-44-46-48-51-54-57-60-63-69(72)75-66-67(65-74-68(71)62-59-56-53-50-21-18-15-12-9-6-3)76-70(73)64-61-58-55-52-49-47-45-43-41-38-31-29-27-25-23-20-17-14-11-8-5-2/h7,10,16,19,23-26,29-32,34-35,37,39,42,44,48,51,67H,4-6,8-9,11-15,17-18,20-22,27-28,33,36,38,40-41,43,45-47,49-50,52-66H2,1-3H3/b10-7-,19-16-,25-23-,26-24-,31-29-,32-30-,35-34-,39-37-,44-42-,51-48-. The van der Waals surface area contributed by atoms with Gasteiger partial charge in [0, 0.05) is 19.3 Å². The number of unbranched alkanes of at least 4 members (excludes halogenated alkanes) is 25. The minimum atomic E-state index is -0.800. The van der Waals surface area contributed by atoms with Gasteiger partial charge in [0.05, 0.1) is 0 Å². The van der Waals surface area contributed by atoms with Gasteiger partial charge < -0.3 is 14.2 Å². The number of hydrogen-bond donors (Lipinski definition) is 0. The van der Waals surface area contributed by atoms with E-state index in [0.717, 1.165) is 116 Å². The lowest BCUT2D eigenvalue weighted by atomic mass is 10.1. The van der Waals surface area contributed by atoms with E-state index >= 15 is 0 Å². The summed E-state index contributed by atoms with van der Waals surface area (Å²) in [5, 5.41) is 0. The van der Waals surface area contributed by atoms with Crippen LogP contribution in [0.3, 0.4) is 0 Å². The van der Waals surface area contributed by atoms with Crippen LogP contribution < -0.4 is 0 Å². The molecule has 0 aromatic rings. The molecule has 1 atom stereocenters. The van der Waals surface area contributed by atoms with Crippen molar-refractivity contribution in [1.29, 1.82) is 0 Å². The van der Waals surface area contributed by atoms with Gasteiger partial charge in [-0.05, 0) is 116 Å². The van der Waals surface area contributed by atoms with Crippen LogP contribution in [0, 0.1) is 0 Å². The first-order valence-electron chi connectivity index (χ1n) is 31.5. The Morgan fingerprint density at radius 3 is 0.829 bits per heavy atom. The summed E-state index contributed by atoms with van der Waals surface area (Å²) in [5.41, 5.74) is 0. The largest absolute Gasteiger partial charge is 0.462 e. The zero-order valence-corrected chi connectivity index (χ0v) is 49.5. The fourth-order valence-electron chi connectivity index (χ4n) is 8.49. The molecular formula is C70H116O6. The Morgan fingerprint density at radius 1 is 0.276 bits per heavy atom. The number of hydrogen-bond acceptors (Lipinski definition) is 6. The van der Waals surface area contributed by atoms with Crippen LogP contribution in [-0.2, 0) is 28.6 Å². The number of carbonyl (C=O) groups excluding carboxylic acids is 3. The second kappa shape index (κ2) is 63.3. The van der Waals surface area contributed by atoms with Gasteiger partial charge in [-0.2, -0.15) is 0 Å². The van der Waals surface area contributed by atoms with Crippen LogP contribution in [0.4, 0.5) is 0 Å².